The van der Waals surface area contributed by atoms with Gasteiger partial charge in [-0.05, 0) is 24.3 Å². The van der Waals surface area contributed by atoms with Gasteiger partial charge in [0, 0.05) is 51.9 Å². The average Bonchev–Trinajstić information content (AvgIpc) is 3.43. The van der Waals surface area contributed by atoms with Crippen LogP contribution in [0.5, 0.6) is 11.5 Å². The molecule has 0 fully saturated rings. The molecule has 14 heteroatoms. The van der Waals surface area contributed by atoms with Gasteiger partial charge in [0.2, 0.25) is 0 Å². The van der Waals surface area contributed by atoms with Gasteiger partial charge in [-0.3, -0.25) is 0 Å². The summed E-state index contributed by atoms with van der Waals surface area (Å²) < 4.78 is 0. The number of nitrogens with zero attached hydrogens (tertiary/aromatic N) is 2. The first-order chi connectivity index (χ1) is 14.2. The third kappa shape index (κ3) is 13.3. The van der Waals surface area contributed by atoms with Crippen molar-refractivity contribution in [1.82, 2.24) is 19.9 Å². The number of aromatic hydroxyl groups is 2. The van der Waals surface area contributed by atoms with Crippen LogP contribution in [0.25, 0.3) is 0 Å². The van der Waals surface area contributed by atoms with Crippen molar-refractivity contribution in [1.29, 1.82) is 0 Å². The molecular weight excluding hydrogens is 596 g/mol. The largest absolute Gasteiger partial charge is 0.505 e. The van der Waals surface area contributed by atoms with E-state index in [0.717, 1.165) is 0 Å². The molecular formula is C18H16Cl6CuN4O3. The number of rotatable bonds is 0. The summed E-state index contributed by atoms with van der Waals surface area (Å²) in [6.07, 6.45) is 10.2. The summed E-state index contributed by atoms with van der Waals surface area (Å²) in [5, 5.41) is 19.5. The van der Waals surface area contributed by atoms with E-state index in [-0.39, 0.29) is 54.1 Å². The quantitative estimate of drug-likeness (QED) is 0.165. The van der Waals surface area contributed by atoms with Gasteiger partial charge in [0.1, 0.15) is 0 Å². The molecule has 7 nitrogen and oxygen atoms in total. The van der Waals surface area contributed by atoms with E-state index in [2.05, 4.69) is 19.9 Å². The Balaban J connectivity index is 0. The van der Waals surface area contributed by atoms with Crippen LogP contribution >= 0.6 is 69.6 Å². The third-order valence-electron chi connectivity index (χ3n) is 2.78. The molecule has 0 amide bonds. The Morgan fingerprint density at radius 3 is 1.03 bits per heavy atom. The third-order valence-corrected chi connectivity index (χ3v) is 4.36. The molecule has 2 aromatic carbocycles. The fourth-order valence-electron chi connectivity index (χ4n) is 1.50. The Morgan fingerprint density at radius 1 is 0.594 bits per heavy atom. The molecule has 179 valence electrons. The summed E-state index contributed by atoms with van der Waals surface area (Å²) in [7, 11) is 0. The molecule has 0 atom stereocenters. The summed E-state index contributed by atoms with van der Waals surface area (Å²) in [5.74, 6) is -0.263. The van der Waals surface area contributed by atoms with Crippen LogP contribution in [0.1, 0.15) is 0 Å². The molecule has 32 heavy (non-hydrogen) atoms. The number of nitrogens with one attached hydrogen (secondary N) is 2. The number of aromatic amines is 2. The van der Waals surface area contributed by atoms with Gasteiger partial charge in [-0.25, -0.2) is 9.97 Å². The van der Waals surface area contributed by atoms with Gasteiger partial charge in [0.25, 0.3) is 0 Å². The molecule has 4 rings (SSSR count). The predicted octanol–water partition coefficient (Wildman–Crippen LogP) is 6.70. The monoisotopic (exact) mass is 609 g/mol. The zero-order valence-electron chi connectivity index (χ0n) is 15.6. The van der Waals surface area contributed by atoms with E-state index in [1.54, 1.807) is 37.4 Å². The first-order valence-electron chi connectivity index (χ1n) is 7.74. The van der Waals surface area contributed by atoms with Gasteiger partial charge in [-0.15, -0.1) is 0 Å². The molecule has 0 spiro atoms. The molecule has 1 radical (unpaired) electrons. The van der Waals surface area contributed by atoms with Crippen LogP contribution < -0.4 is 0 Å². The maximum atomic E-state index is 9.01. The fraction of sp³-hybridized carbons (Fsp3) is 0. The summed E-state index contributed by atoms with van der Waals surface area (Å²) in [5.41, 5.74) is 0. The number of imidazole rings is 2. The topological polar surface area (TPSA) is 129 Å². The number of aromatic nitrogens is 4. The predicted molar refractivity (Wildman–Crippen MR) is 127 cm³/mol. The van der Waals surface area contributed by atoms with Gasteiger partial charge in [-0.1, -0.05) is 69.6 Å². The second-order valence-corrected chi connectivity index (χ2v) is 7.46. The van der Waals surface area contributed by atoms with Gasteiger partial charge in [0.05, 0.1) is 32.7 Å². The van der Waals surface area contributed by atoms with E-state index in [1.807, 2.05) is 0 Å². The fourth-order valence-corrected chi connectivity index (χ4v) is 3.13. The van der Waals surface area contributed by atoms with Gasteiger partial charge in [-0.2, -0.15) is 0 Å². The molecule has 0 aliphatic heterocycles. The van der Waals surface area contributed by atoms with Gasteiger partial charge >= 0.3 is 0 Å². The number of phenolic OH excluding ortho intramolecular Hbond substituents is 2. The number of halogens is 6. The molecule has 2 heterocycles. The van der Waals surface area contributed by atoms with Crippen LogP contribution in [0.2, 0.25) is 30.1 Å². The molecule has 0 saturated heterocycles. The molecule has 2 aromatic heterocycles. The Kier molecular flexibility index (Phi) is 18.6. The normalized spacial score (nSPS) is 8.69. The van der Waals surface area contributed by atoms with E-state index >= 15 is 0 Å². The van der Waals surface area contributed by atoms with Gasteiger partial charge < -0.3 is 25.7 Å². The van der Waals surface area contributed by atoms with Crippen molar-refractivity contribution in [2.75, 3.05) is 0 Å². The second-order valence-electron chi connectivity index (χ2n) is 4.96. The summed E-state index contributed by atoms with van der Waals surface area (Å²) >= 11 is 33.1. The summed E-state index contributed by atoms with van der Waals surface area (Å²) in [4.78, 5) is 12.8. The Morgan fingerprint density at radius 2 is 0.875 bits per heavy atom. The minimum Gasteiger partial charge on any atom is -0.505 e. The number of benzene rings is 2. The zero-order chi connectivity index (χ0) is 22.5. The van der Waals surface area contributed by atoms with Crippen molar-refractivity contribution in [3.63, 3.8) is 0 Å². The smallest absolute Gasteiger partial charge is 0.152 e. The van der Waals surface area contributed by atoms with Crippen molar-refractivity contribution >= 4 is 69.6 Å². The molecule has 0 saturated carbocycles. The first kappa shape index (κ1) is 32.9. The minimum absolute atomic E-state index is 0. The van der Waals surface area contributed by atoms with E-state index in [9.17, 15) is 0 Å². The Hall–Kier alpha value is -1.32. The van der Waals surface area contributed by atoms with E-state index < -0.39 is 0 Å². The minimum atomic E-state index is -0.132. The van der Waals surface area contributed by atoms with Crippen molar-refractivity contribution in [3.05, 3.63) is 91.8 Å². The first-order valence-corrected chi connectivity index (χ1v) is 10.0. The summed E-state index contributed by atoms with van der Waals surface area (Å²) in [6, 6.07) is 5.68. The molecule has 6 N–H and O–H groups in total. The number of phenols is 2. The Labute approximate surface area is 224 Å². The van der Waals surface area contributed by atoms with E-state index in [4.69, 9.17) is 79.8 Å². The van der Waals surface area contributed by atoms with E-state index in [1.165, 1.54) is 24.3 Å². The maximum absolute atomic E-state index is 9.01. The molecule has 0 aliphatic rings. The van der Waals surface area contributed by atoms with E-state index in [0.29, 0.717) is 10.0 Å². The molecule has 0 aliphatic carbocycles. The second kappa shape index (κ2) is 18.1. The van der Waals surface area contributed by atoms with Crippen LogP contribution in [-0.4, -0.2) is 35.6 Å². The number of hydrogen-bond donors (Lipinski definition) is 4. The summed E-state index contributed by atoms with van der Waals surface area (Å²) in [6.45, 7) is 0. The Bertz CT molecular complexity index is 846. The van der Waals surface area contributed by atoms with Crippen molar-refractivity contribution in [2.24, 2.45) is 0 Å². The van der Waals surface area contributed by atoms with Crippen LogP contribution in [0.4, 0.5) is 0 Å². The van der Waals surface area contributed by atoms with Crippen molar-refractivity contribution in [2.45, 2.75) is 0 Å². The molecule has 0 unspecified atom stereocenters. The van der Waals surface area contributed by atoms with Crippen molar-refractivity contribution < 1.29 is 32.8 Å². The molecule has 0 bridgehead atoms. The zero-order valence-corrected chi connectivity index (χ0v) is 21.1. The average molecular weight is 613 g/mol. The molecule has 4 aromatic rings. The number of H-pyrrole nitrogens is 2. The van der Waals surface area contributed by atoms with Gasteiger partial charge in [0.15, 0.2) is 11.5 Å². The maximum Gasteiger partial charge on any atom is 0.152 e. The van der Waals surface area contributed by atoms with Crippen LogP contribution in [0.3, 0.4) is 0 Å². The van der Waals surface area contributed by atoms with Crippen LogP contribution in [-0.2, 0) is 17.1 Å². The SMILES string of the molecule is O.Oc1c(Cl)cc(Cl)cc1Cl.Oc1c(Cl)cc(Cl)cc1Cl.[Cu].c1c[nH]cn1.c1c[nH]cn1. The number of hydrogen-bond acceptors (Lipinski definition) is 4. The standard InChI is InChI=1S/2C6H3Cl3O.2C3H4N2.Cu.H2O/c2*7-3-1-4(8)6(10)5(9)2-3;2*1-2-5-3-4-1;;/h2*1-2,10H;2*1-3H,(H,4,5);;1H2. The van der Waals surface area contributed by atoms with Crippen LogP contribution in [0.15, 0.2) is 61.7 Å². The van der Waals surface area contributed by atoms with Crippen LogP contribution in [0, 0.1) is 0 Å². The van der Waals surface area contributed by atoms with Crippen molar-refractivity contribution in [3.8, 4) is 11.5 Å².